The summed E-state index contributed by atoms with van der Waals surface area (Å²) in [6.45, 7) is 10.1. The summed E-state index contributed by atoms with van der Waals surface area (Å²) in [5.41, 5.74) is 6.55. The third-order valence-electron chi connectivity index (χ3n) is 6.20. The molecular formula is C27H31N3O. The fourth-order valence-electron chi connectivity index (χ4n) is 4.30. The summed E-state index contributed by atoms with van der Waals surface area (Å²) in [6.07, 6.45) is 5.54. The van der Waals surface area contributed by atoms with Gasteiger partial charge in [-0.25, -0.2) is 9.97 Å². The van der Waals surface area contributed by atoms with E-state index in [1.807, 2.05) is 23.2 Å². The standard InChI is InChI=1S/C27H31N3O/c1-19-7-9-20(10-8-19)24-16-28-18-29-25(24)22-6-5-15-30(17-22)26(31)21-11-13-23(14-12-21)27(2,3)4/h7-14,16,18,22H,5-6,15,17H2,1-4H3. The first-order valence-corrected chi connectivity index (χ1v) is 11.1. The Balaban J connectivity index is 1.55. The normalized spacial score (nSPS) is 16.9. The molecule has 1 saturated heterocycles. The molecule has 1 unspecified atom stereocenters. The number of hydrogen-bond donors (Lipinski definition) is 0. The summed E-state index contributed by atoms with van der Waals surface area (Å²) in [5.74, 6) is 0.321. The van der Waals surface area contributed by atoms with Gasteiger partial charge in [-0.15, -0.1) is 0 Å². The van der Waals surface area contributed by atoms with Crippen LogP contribution in [-0.4, -0.2) is 33.9 Å². The van der Waals surface area contributed by atoms with Gasteiger partial charge in [-0.05, 0) is 48.4 Å². The molecule has 1 aliphatic rings. The van der Waals surface area contributed by atoms with E-state index >= 15 is 0 Å². The first kappa shape index (κ1) is 21.2. The van der Waals surface area contributed by atoms with E-state index in [4.69, 9.17) is 0 Å². The van der Waals surface area contributed by atoms with Crippen LogP contribution in [0.2, 0.25) is 0 Å². The van der Waals surface area contributed by atoms with Crippen LogP contribution in [0.4, 0.5) is 0 Å². The first-order chi connectivity index (χ1) is 14.8. The van der Waals surface area contributed by atoms with Gasteiger partial charge < -0.3 is 4.90 Å². The number of likely N-dealkylation sites (tertiary alicyclic amines) is 1. The van der Waals surface area contributed by atoms with Gasteiger partial charge in [-0.1, -0.05) is 62.7 Å². The highest BCUT2D eigenvalue weighted by atomic mass is 16.2. The number of amides is 1. The monoisotopic (exact) mass is 413 g/mol. The van der Waals surface area contributed by atoms with Gasteiger partial charge in [0.1, 0.15) is 6.33 Å². The molecule has 160 valence electrons. The molecule has 1 aromatic heterocycles. The lowest BCUT2D eigenvalue weighted by molar-refractivity contribution is 0.0706. The molecule has 0 saturated carbocycles. The van der Waals surface area contributed by atoms with Crippen molar-refractivity contribution in [2.24, 2.45) is 0 Å². The zero-order chi connectivity index (χ0) is 22.0. The highest BCUT2D eigenvalue weighted by molar-refractivity contribution is 5.94. The Morgan fingerprint density at radius 3 is 2.42 bits per heavy atom. The second-order valence-corrected chi connectivity index (χ2v) is 9.61. The van der Waals surface area contributed by atoms with E-state index in [9.17, 15) is 4.79 Å². The maximum atomic E-state index is 13.2. The van der Waals surface area contributed by atoms with Crippen molar-refractivity contribution < 1.29 is 4.79 Å². The van der Waals surface area contributed by atoms with Crippen molar-refractivity contribution in [3.05, 3.63) is 83.4 Å². The lowest BCUT2D eigenvalue weighted by atomic mass is 9.86. The van der Waals surface area contributed by atoms with Crippen molar-refractivity contribution in [2.45, 2.75) is 51.9 Å². The smallest absolute Gasteiger partial charge is 0.253 e. The second kappa shape index (κ2) is 8.62. The maximum absolute atomic E-state index is 13.2. The van der Waals surface area contributed by atoms with Crippen LogP contribution in [0.5, 0.6) is 0 Å². The third-order valence-corrected chi connectivity index (χ3v) is 6.20. The van der Waals surface area contributed by atoms with Crippen LogP contribution >= 0.6 is 0 Å². The third kappa shape index (κ3) is 4.68. The zero-order valence-electron chi connectivity index (χ0n) is 18.9. The van der Waals surface area contributed by atoms with Crippen LogP contribution in [0.15, 0.2) is 61.1 Å². The average molecular weight is 414 g/mol. The van der Waals surface area contributed by atoms with Crippen LogP contribution in [0.3, 0.4) is 0 Å². The van der Waals surface area contributed by atoms with E-state index in [1.165, 1.54) is 11.1 Å². The molecule has 0 bridgehead atoms. The molecule has 0 radical (unpaired) electrons. The van der Waals surface area contributed by atoms with Gasteiger partial charge in [0.25, 0.3) is 5.91 Å². The van der Waals surface area contributed by atoms with Gasteiger partial charge in [0, 0.05) is 36.3 Å². The summed E-state index contributed by atoms with van der Waals surface area (Å²) >= 11 is 0. The quantitative estimate of drug-likeness (QED) is 0.548. The highest BCUT2D eigenvalue weighted by Crippen LogP contribution is 2.33. The molecule has 0 aliphatic carbocycles. The lowest BCUT2D eigenvalue weighted by Gasteiger charge is -2.33. The number of aromatic nitrogens is 2. The molecular weight excluding hydrogens is 382 g/mol. The molecule has 1 amide bonds. The topological polar surface area (TPSA) is 46.1 Å². The molecule has 3 aromatic rings. The molecule has 31 heavy (non-hydrogen) atoms. The summed E-state index contributed by atoms with van der Waals surface area (Å²) in [5, 5.41) is 0. The van der Waals surface area contributed by atoms with Crippen molar-refractivity contribution in [2.75, 3.05) is 13.1 Å². The van der Waals surface area contributed by atoms with Crippen molar-refractivity contribution in [1.82, 2.24) is 14.9 Å². The minimum Gasteiger partial charge on any atom is -0.338 e. The van der Waals surface area contributed by atoms with Crippen molar-refractivity contribution in [3.8, 4) is 11.1 Å². The summed E-state index contributed by atoms with van der Waals surface area (Å²) < 4.78 is 0. The summed E-state index contributed by atoms with van der Waals surface area (Å²) in [7, 11) is 0. The molecule has 0 spiro atoms. The van der Waals surface area contributed by atoms with Crippen LogP contribution in [0.1, 0.15) is 66.7 Å². The number of carbonyl (C=O) groups is 1. The number of piperidine rings is 1. The minimum atomic E-state index is 0.0805. The minimum absolute atomic E-state index is 0.0805. The predicted molar refractivity (Wildman–Crippen MR) is 125 cm³/mol. The largest absolute Gasteiger partial charge is 0.338 e. The van der Waals surface area contributed by atoms with Crippen LogP contribution in [0.25, 0.3) is 11.1 Å². The number of hydrogen-bond acceptors (Lipinski definition) is 3. The zero-order valence-corrected chi connectivity index (χ0v) is 18.9. The van der Waals surface area contributed by atoms with Crippen molar-refractivity contribution >= 4 is 5.91 Å². The Bertz CT molecular complexity index is 1050. The molecule has 4 nitrogen and oxygen atoms in total. The van der Waals surface area contributed by atoms with E-state index in [0.29, 0.717) is 6.54 Å². The molecule has 2 aromatic carbocycles. The van der Waals surface area contributed by atoms with Gasteiger partial charge in [0.2, 0.25) is 0 Å². The molecule has 1 aliphatic heterocycles. The Kier molecular flexibility index (Phi) is 5.90. The molecule has 1 atom stereocenters. The summed E-state index contributed by atoms with van der Waals surface area (Å²) in [6, 6.07) is 16.6. The van der Waals surface area contributed by atoms with Gasteiger partial charge in [0.15, 0.2) is 0 Å². The molecule has 1 fully saturated rings. The molecule has 4 rings (SSSR count). The Morgan fingerprint density at radius 1 is 1.03 bits per heavy atom. The SMILES string of the molecule is Cc1ccc(-c2cncnc2C2CCCN(C(=O)c3ccc(C(C)(C)C)cc3)C2)cc1. The van der Waals surface area contributed by atoms with Crippen molar-refractivity contribution in [3.63, 3.8) is 0 Å². The van der Waals surface area contributed by atoms with Gasteiger partial charge in [-0.2, -0.15) is 0 Å². The Labute approximate surface area is 185 Å². The van der Waals surface area contributed by atoms with Gasteiger partial charge in [0.05, 0.1) is 5.69 Å². The van der Waals surface area contributed by atoms with E-state index < -0.39 is 0 Å². The van der Waals surface area contributed by atoms with Gasteiger partial charge in [-0.3, -0.25) is 4.79 Å². The van der Waals surface area contributed by atoms with E-state index in [-0.39, 0.29) is 17.2 Å². The van der Waals surface area contributed by atoms with Crippen LogP contribution in [-0.2, 0) is 5.41 Å². The number of carbonyl (C=O) groups excluding carboxylic acids is 1. The number of benzene rings is 2. The van der Waals surface area contributed by atoms with Crippen LogP contribution in [0, 0.1) is 6.92 Å². The van der Waals surface area contributed by atoms with E-state index in [2.05, 4.69) is 74.1 Å². The number of rotatable bonds is 3. The number of nitrogens with zero attached hydrogens (tertiary/aromatic N) is 3. The molecule has 2 heterocycles. The van der Waals surface area contributed by atoms with Crippen molar-refractivity contribution in [1.29, 1.82) is 0 Å². The lowest BCUT2D eigenvalue weighted by Crippen LogP contribution is -2.39. The second-order valence-electron chi connectivity index (χ2n) is 9.61. The average Bonchev–Trinajstić information content (AvgIpc) is 2.79. The molecule has 4 heteroatoms. The number of aryl methyl sites for hydroxylation is 1. The highest BCUT2D eigenvalue weighted by Gasteiger charge is 2.28. The van der Waals surface area contributed by atoms with Gasteiger partial charge >= 0.3 is 0 Å². The van der Waals surface area contributed by atoms with Crippen LogP contribution < -0.4 is 0 Å². The maximum Gasteiger partial charge on any atom is 0.253 e. The fraction of sp³-hybridized carbons (Fsp3) is 0.370. The fourth-order valence-corrected chi connectivity index (χ4v) is 4.30. The molecule has 0 N–H and O–H groups in total. The predicted octanol–water partition coefficient (Wildman–Crippen LogP) is 5.77. The summed E-state index contributed by atoms with van der Waals surface area (Å²) in [4.78, 5) is 24.1. The Hall–Kier alpha value is -3.01. The van der Waals surface area contributed by atoms with E-state index in [1.54, 1.807) is 6.33 Å². The first-order valence-electron chi connectivity index (χ1n) is 11.1. The Morgan fingerprint density at radius 2 is 1.74 bits per heavy atom. The van der Waals surface area contributed by atoms with E-state index in [0.717, 1.165) is 41.8 Å².